The van der Waals surface area contributed by atoms with Crippen molar-refractivity contribution in [1.82, 2.24) is 10.2 Å². The van der Waals surface area contributed by atoms with Gasteiger partial charge >= 0.3 is 6.36 Å². The Kier molecular flexibility index (Phi) is 3.52. The lowest BCUT2D eigenvalue weighted by molar-refractivity contribution is -0.274. The second-order valence-corrected chi connectivity index (χ2v) is 4.23. The molecule has 0 unspecified atom stereocenters. The molecule has 0 bridgehead atoms. The molecule has 20 heavy (non-hydrogen) atoms. The van der Waals surface area contributed by atoms with Crippen molar-refractivity contribution >= 4 is 5.82 Å². The van der Waals surface area contributed by atoms with Crippen LogP contribution in [0.15, 0.2) is 24.3 Å². The number of hydrogen-bond donors (Lipinski definition) is 1. The van der Waals surface area contributed by atoms with Crippen molar-refractivity contribution in [2.45, 2.75) is 20.2 Å². The summed E-state index contributed by atoms with van der Waals surface area (Å²) in [6.07, 6.45) is -4.76. The zero-order chi connectivity index (χ0) is 14.9. The monoisotopic (exact) mass is 283 g/mol. The number of hydrogen-bond acceptors (Lipinski definition) is 4. The summed E-state index contributed by atoms with van der Waals surface area (Å²) in [6.45, 7) is 3.45. The molecule has 0 amide bonds. The fourth-order valence-electron chi connectivity index (χ4n) is 1.76. The zero-order valence-corrected chi connectivity index (χ0v) is 10.8. The zero-order valence-electron chi connectivity index (χ0n) is 10.8. The van der Waals surface area contributed by atoms with Gasteiger partial charge in [-0.1, -0.05) is 12.1 Å². The largest absolute Gasteiger partial charge is 0.573 e. The summed E-state index contributed by atoms with van der Waals surface area (Å²) >= 11 is 0. The number of halogens is 3. The molecule has 0 saturated heterocycles. The minimum Gasteiger partial charge on any atom is -0.405 e. The third kappa shape index (κ3) is 2.81. The van der Waals surface area contributed by atoms with Gasteiger partial charge in [-0.2, -0.15) is 0 Å². The number of nitrogens with two attached hydrogens (primary N) is 1. The molecule has 1 aromatic carbocycles. The lowest BCUT2D eigenvalue weighted by Gasteiger charge is -2.14. The lowest BCUT2D eigenvalue weighted by atomic mass is 10.0. The minimum absolute atomic E-state index is 0.220. The van der Waals surface area contributed by atoms with Crippen molar-refractivity contribution in [2.75, 3.05) is 5.73 Å². The van der Waals surface area contributed by atoms with Crippen molar-refractivity contribution in [2.24, 2.45) is 0 Å². The van der Waals surface area contributed by atoms with E-state index in [0.29, 0.717) is 16.8 Å². The van der Waals surface area contributed by atoms with E-state index >= 15 is 0 Å². The molecule has 4 nitrogen and oxygen atoms in total. The first-order chi connectivity index (χ1) is 9.29. The number of ether oxygens (including phenoxy) is 1. The number of anilines is 1. The molecule has 0 radical (unpaired) electrons. The first-order valence-corrected chi connectivity index (χ1v) is 5.74. The molecule has 7 heteroatoms. The number of benzene rings is 1. The van der Waals surface area contributed by atoms with Crippen LogP contribution in [-0.2, 0) is 0 Å². The quantitative estimate of drug-likeness (QED) is 0.919. The van der Waals surface area contributed by atoms with E-state index in [9.17, 15) is 13.2 Å². The van der Waals surface area contributed by atoms with E-state index < -0.39 is 6.36 Å². The molecule has 0 aliphatic carbocycles. The molecule has 2 rings (SSSR count). The first kappa shape index (κ1) is 14.1. The highest BCUT2D eigenvalue weighted by molar-refractivity contribution is 5.71. The summed E-state index contributed by atoms with van der Waals surface area (Å²) < 4.78 is 41.2. The summed E-state index contributed by atoms with van der Waals surface area (Å²) in [6, 6.07) is 5.78. The summed E-state index contributed by atoms with van der Waals surface area (Å²) in [5.74, 6) is -0.0676. The van der Waals surface area contributed by atoms with E-state index in [2.05, 4.69) is 14.9 Å². The predicted octanol–water partition coefficient (Wildman–Crippen LogP) is 3.24. The topological polar surface area (TPSA) is 61.0 Å². The molecule has 0 atom stereocenters. The van der Waals surface area contributed by atoms with Crippen LogP contribution in [0.5, 0.6) is 5.75 Å². The average Bonchev–Trinajstić information content (AvgIpc) is 2.36. The van der Waals surface area contributed by atoms with Crippen molar-refractivity contribution in [1.29, 1.82) is 0 Å². The maximum absolute atomic E-state index is 12.4. The molecule has 1 heterocycles. The number of nitrogen functional groups attached to an aromatic ring is 1. The summed E-state index contributed by atoms with van der Waals surface area (Å²) in [4.78, 5) is 0. The Morgan fingerprint density at radius 3 is 2.35 bits per heavy atom. The summed E-state index contributed by atoms with van der Waals surface area (Å²) in [7, 11) is 0. The van der Waals surface area contributed by atoms with Crippen LogP contribution in [0.2, 0.25) is 0 Å². The van der Waals surface area contributed by atoms with E-state index in [0.717, 1.165) is 0 Å². The van der Waals surface area contributed by atoms with Crippen LogP contribution in [0.3, 0.4) is 0 Å². The lowest BCUT2D eigenvalue weighted by Crippen LogP contribution is -2.17. The third-order valence-corrected chi connectivity index (χ3v) is 2.93. The van der Waals surface area contributed by atoms with Crippen LogP contribution in [0.25, 0.3) is 11.3 Å². The van der Waals surface area contributed by atoms with Crippen LogP contribution >= 0.6 is 0 Å². The van der Waals surface area contributed by atoms with Gasteiger partial charge in [-0.3, -0.25) is 0 Å². The molecule has 2 N–H and O–H groups in total. The molecule has 0 aliphatic rings. The van der Waals surface area contributed by atoms with Gasteiger partial charge in [0.05, 0.1) is 5.69 Å². The minimum atomic E-state index is -4.76. The molecule has 1 aromatic heterocycles. The van der Waals surface area contributed by atoms with Gasteiger partial charge in [-0.15, -0.1) is 23.4 Å². The van der Waals surface area contributed by atoms with Gasteiger partial charge in [0.1, 0.15) is 11.6 Å². The van der Waals surface area contributed by atoms with Crippen molar-refractivity contribution < 1.29 is 17.9 Å². The molecule has 0 spiro atoms. The number of alkyl halides is 3. The SMILES string of the molecule is Cc1c(N)nnc(-c2ccccc2OC(F)(F)F)c1C. The standard InChI is InChI=1S/C13H12F3N3O/c1-7-8(2)12(17)19-18-11(7)9-5-3-4-6-10(9)20-13(14,15)16/h3-6H,1-2H3,(H2,17,19). The average molecular weight is 283 g/mol. The fraction of sp³-hybridized carbons (Fsp3) is 0.231. The molecule has 2 aromatic rings. The van der Waals surface area contributed by atoms with E-state index in [1.54, 1.807) is 19.9 Å². The van der Waals surface area contributed by atoms with Crippen LogP contribution in [-0.4, -0.2) is 16.6 Å². The van der Waals surface area contributed by atoms with Crippen LogP contribution in [0, 0.1) is 13.8 Å². The van der Waals surface area contributed by atoms with Gasteiger partial charge < -0.3 is 10.5 Å². The Balaban J connectivity index is 2.56. The Morgan fingerprint density at radius 2 is 1.70 bits per heavy atom. The second kappa shape index (κ2) is 4.99. The molecule has 0 saturated carbocycles. The normalized spacial score (nSPS) is 11.4. The number of rotatable bonds is 2. The predicted molar refractivity (Wildman–Crippen MR) is 68.0 cm³/mol. The van der Waals surface area contributed by atoms with E-state index in [4.69, 9.17) is 5.73 Å². The molecule has 0 aliphatic heterocycles. The number of nitrogens with zero attached hydrogens (tertiary/aromatic N) is 2. The van der Waals surface area contributed by atoms with E-state index in [-0.39, 0.29) is 17.1 Å². The fourth-order valence-corrected chi connectivity index (χ4v) is 1.76. The van der Waals surface area contributed by atoms with Crippen LogP contribution in [0.1, 0.15) is 11.1 Å². The van der Waals surface area contributed by atoms with Gasteiger partial charge in [-0.25, -0.2) is 0 Å². The van der Waals surface area contributed by atoms with Gasteiger partial charge in [0.15, 0.2) is 0 Å². The van der Waals surface area contributed by atoms with Gasteiger partial charge in [-0.05, 0) is 37.1 Å². The smallest absolute Gasteiger partial charge is 0.405 e. The molecular weight excluding hydrogens is 271 g/mol. The van der Waals surface area contributed by atoms with Crippen molar-refractivity contribution in [3.8, 4) is 17.0 Å². The molecule has 0 fully saturated rings. The summed E-state index contributed by atoms with van der Waals surface area (Å²) in [5.41, 5.74) is 7.50. The van der Waals surface area contributed by atoms with E-state index in [1.165, 1.54) is 18.2 Å². The Morgan fingerprint density at radius 1 is 1.05 bits per heavy atom. The van der Waals surface area contributed by atoms with Gasteiger partial charge in [0.25, 0.3) is 0 Å². The maximum atomic E-state index is 12.4. The van der Waals surface area contributed by atoms with E-state index in [1.807, 2.05) is 0 Å². The first-order valence-electron chi connectivity index (χ1n) is 5.74. The number of para-hydroxylation sites is 1. The highest BCUT2D eigenvalue weighted by Crippen LogP contribution is 2.35. The highest BCUT2D eigenvalue weighted by atomic mass is 19.4. The van der Waals surface area contributed by atoms with Crippen LogP contribution < -0.4 is 10.5 Å². The maximum Gasteiger partial charge on any atom is 0.573 e. The third-order valence-electron chi connectivity index (χ3n) is 2.93. The van der Waals surface area contributed by atoms with Crippen LogP contribution in [0.4, 0.5) is 19.0 Å². The summed E-state index contributed by atoms with van der Waals surface area (Å²) in [5, 5.41) is 7.62. The number of aromatic nitrogens is 2. The van der Waals surface area contributed by atoms with Crippen molar-refractivity contribution in [3.63, 3.8) is 0 Å². The highest BCUT2D eigenvalue weighted by Gasteiger charge is 2.32. The molecular formula is C13H12F3N3O. The Labute approximate surface area is 113 Å². The van der Waals surface area contributed by atoms with Gasteiger partial charge in [0.2, 0.25) is 0 Å². The van der Waals surface area contributed by atoms with Crippen molar-refractivity contribution in [3.05, 3.63) is 35.4 Å². The Bertz CT molecular complexity index is 641. The Hall–Kier alpha value is -2.31. The second-order valence-electron chi connectivity index (χ2n) is 4.23. The molecule has 106 valence electrons. The van der Waals surface area contributed by atoms with Gasteiger partial charge in [0, 0.05) is 5.56 Å².